The van der Waals surface area contributed by atoms with Crippen LogP contribution in [0, 0.1) is 0 Å². The zero-order chi connectivity index (χ0) is 18.6. The Kier molecular flexibility index (Phi) is 5.58. The summed E-state index contributed by atoms with van der Waals surface area (Å²) in [6.07, 6.45) is -2.71. The first-order valence-corrected chi connectivity index (χ1v) is 7.73. The number of nitrogens with zero attached hydrogens (tertiary/aromatic N) is 3. The second kappa shape index (κ2) is 7.65. The lowest BCUT2D eigenvalue weighted by Crippen LogP contribution is -2.58. The number of hydrazine groups is 1. The minimum atomic E-state index is -1.68. The van der Waals surface area contributed by atoms with E-state index in [1.165, 1.54) is 19.1 Å². The Bertz CT molecular complexity index is 670. The summed E-state index contributed by atoms with van der Waals surface area (Å²) in [4.78, 5) is 48.8. The molecule has 0 bridgehead atoms. The highest BCUT2D eigenvalue weighted by molar-refractivity contribution is 6.03. The molecule has 1 aliphatic heterocycles. The van der Waals surface area contributed by atoms with Crippen LogP contribution in [-0.4, -0.2) is 68.3 Å². The van der Waals surface area contributed by atoms with Gasteiger partial charge < -0.3 is 15.1 Å². The van der Waals surface area contributed by atoms with E-state index < -0.39 is 24.1 Å². The number of amides is 4. The van der Waals surface area contributed by atoms with E-state index in [0.717, 1.165) is 0 Å². The molecule has 0 aliphatic carbocycles. The lowest BCUT2D eigenvalue weighted by Gasteiger charge is -2.39. The topological polar surface area (TPSA) is 118 Å². The van der Waals surface area contributed by atoms with Crippen LogP contribution in [0.2, 0.25) is 0 Å². The number of benzene rings is 1. The maximum atomic E-state index is 12.5. The lowest BCUT2D eigenvalue weighted by molar-refractivity contribution is -0.130. The van der Waals surface area contributed by atoms with Gasteiger partial charge in [-0.05, 0) is 25.0 Å². The highest BCUT2D eigenvalue weighted by Gasteiger charge is 2.39. The van der Waals surface area contributed by atoms with Gasteiger partial charge in [-0.25, -0.2) is 14.6 Å². The molecule has 0 aromatic heterocycles. The Morgan fingerprint density at radius 2 is 1.56 bits per heavy atom. The second-order valence-corrected chi connectivity index (χ2v) is 5.63. The van der Waals surface area contributed by atoms with E-state index in [-0.39, 0.29) is 29.3 Å². The number of piperidine rings is 1. The van der Waals surface area contributed by atoms with Gasteiger partial charge in [0.15, 0.2) is 0 Å². The van der Waals surface area contributed by atoms with Gasteiger partial charge in [-0.1, -0.05) is 18.2 Å². The minimum Gasteiger partial charge on any atom is -0.464 e. The zero-order valence-corrected chi connectivity index (χ0v) is 13.7. The summed E-state index contributed by atoms with van der Waals surface area (Å²) < 4.78 is 0. The second-order valence-electron chi connectivity index (χ2n) is 5.63. The predicted octanol–water partition coefficient (Wildman–Crippen LogP) is 1.71. The number of carboxylic acid groups (broad SMARTS) is 2. The molecule has 1 saturated heterocycles. The van der Waals surface area contributed by atoms with E-state index in [9.17, 15) is 29.4 Å². The minimum absolute atomic E-state index is 0.0670. The predicted molar refractivity (Wildman–Crippen MR) is 85.8 cm³/mol. The summed E-state index contributed by atoms with van der Waals surface area (Å²) in [7, 11) is 0. The summed E-state index contributed by atoms with van der Waals surface area (Å²) >= 11 is 0. The summed E-state index contributed by atoms with van der Waals surface area (Å²) in [5.41, 5.74) is 0.0670. The smallest absolute Gasteiger partial charge is 0.434 e. The van der Waals surface area contributed by atoms with Crippen molar-refractivity contribution in [3.8, 4) is 0 Å². The number of carbonyl (C=O) groups is 4. The Morgan fingerprint density at radius 1 is 1.00 bits per heavy atom. The highest BCUT2D eigenvalue weighted by Crippen LogP contribution is 2.21. The average Bonchev–Trinajstić information content (AvgIpc) is 2.59. The van der Waals surface area contributed by atoms with E-state index in [1.807, 2.05) is 0 Å². The molecule has 2 rings (SSSR count). The molecule has 9 nitrogen and oxygen atoms in total. The van der Waals surface area contributed by atoms with E-state index in [2.05, 4.69) is 0 Å². The average molecular weight is 349 g/mol. The molecule has 0 unspecified atom stereocenters. The largest absolute Gasteiger partial charge is 0.464 e. The van der Waals surface area contributed by atoms with Gasteiger partial charge in [0, 0.05) is 25.6 Å². The first-order chi connectivity index (χ1) is 11.8. The van der Waals surface area contributed by atoms with Crippen LogP contribution in [0.4, 0.5) is 9.59 Å². The molecule has 1 aromatic rings. The molecule has 0 atom stereocenters. The number of carbonyl (C=O) groups excluding carboxylic acids is 2. The van der Waals surface area contributed by atoms with Crippen LogP contribution in [0.15, 0.2) is 30.3 Å². The maximum absolute atomic E-state index is 12.5. The highest BCUT2D eigenvalue weighted by atomic mass is 16.4. The first-order valence-electron chi connectivity index (χ1n) is 7.73. The van der Waals surface area contributed by atoms with E-state index in [0.29, 0.717) is 18.1 Å². The van der Waals surface area contributed by atoms with Crippen molar-refractivity contribution < 1.29 is 29.4 Å². The van der Waals surface area contributed by atoms with Gasteiger partial charge >= 0.3 is 12.2 Å². The van der Waals surface area contributed by atoms with E-state index >= 15 is 0 Å². The maximum Gasteiger partial charge on any atom is 0.434 e. The molecule has 134 valence electrons. The summed E-state index contributed by atoms with van der Waals surface area (Å²) in [6.45, 7) is 2.02. The molecule has 1 heterocycles. The molecule has 4 amide bonds. The van der Waals surface area contributed by atoms with Crippen molar-refractivity contribution in [2.45, 2.75) is 25.8 Å². The van der Waals surface area contributed by atoms with Crippen LogP contribution < -0.4 is 0 Å². The fourth-order valence-corrected chi connectivity index (χ4v) is 2.81. The monoisotopic (exact) mass is 349 g/mol. The van der Waals surface area contributed by atoms with Crippen molar-refractivity contribution in [3.63, 3.8) is 0 Å². The Hall–Kier alpha value is -3.10. The number of likely N-dealkylation sites (tertiary alicyclic amines) is 1. The normalized spacial score (nSPS) is 14.7. The van der Waals surface area contributed by atoms with Crippen molar-refractivity contribution in [1.82, 2.24) is 14.9 Å². The fraction of sp³-hybridized carbons (Fsp3) is 0.375. The van der Waals surface area contributed by atoms with Gasteiger partial charge in [0.1, 0.15) is 0 Å². The Morgan fingerprint density at radius 3 is 2.00 bits per heavy atom. The molecular weight excluding hydrogens is 330 g/mol. The number of rotatable bonds is 2. The van der Waals surface area contributed by atoms with Crippen molar-refractivity contribution in [2.75, 3.05) is 13.1 Å². The van der Waals surface area contributed by atoms with Crippen LogP contribution >= 0.6 is 0 Å². The van der Waals surface area contributed by atoms with Crippen LogP contribution in [0.5, 0.6) is 0 Å². The van der Waals surface area contributed by atoms with Crippen molar-refractivity contribution in [2.24, 2.45) is 0 Å². The fourth-order valence-electron chi connectivity index (χ4n) is 2.81. The molecule has 9 heteroatoms. The summed E-state index contributed by atoms with van der Waals surface area (Å²) in [6, 6.07) is 6.89. The Labute approximate surface area is 144 Å². The summed E-state index contributed by atoms with van der Waals surface area (Å²) in [5.74, 6) is -1.07. The third kappa shape index (κ3) is 4.06. The van der Waals surface area contributed by atoms with Gasteiger partial charge in [-0.3, -0.25) is 9.59 Å². The van der Waals surface area contributed by atoms with E-state index in [1.54, 1.807) is 23.1 Å². The molecule has 0 radical (unpaired) electrons. The van der Waals surface area contributed by atoms with Gasteiger partial charge in [0.05, 0.1) is 6.04 Å². The number of hydrogen-bond acceptors (Lipinski definition) is 4. The third-order valence-electron chi connectivity index (χ3n) is 4.06. The standard InChI is InChI=1S/C16H19N3O6/c1-11(20)17-9-7-13(8-10-17)18(15(22)23)19(16(24)25)14(21)12-5-3-2-4-6-12/h2-6,13H,7-10H2,1H3,(H,22,23)(H,24,25). The molecule has 0 spiro atoms. The molecule has 2 N–H and O–H groups in total. The molecule has 25 heavy (non-hydrogen) atoms. The van der Waals surface area contributed by atoms with Crippen molar-refractivity contribution >= 4 is 24.0 Å². The number of hydrogen-bond donors (Lipinski definition) is 2. The van der Waals surface area contributed by atoms with Crippen molar-refractivity contribution in [3.05, 3.63) is 35.9 Å². The Balaban J connectivity index is 2.26. The molecule has 1 aliphatic rings. The molecule has 1 aromatic carbocycles. The lowest BCUT2D eigenvalue weighted by atomic mass is 10.0. The molecule has 1 fully saturated rings. The molecule has 0 saturated carbocycles. The quantitative estimate of drug-likeness (QED) is 0.785. The van der Waals surface area contributed by atoms with Gasteiger partial charge in [0.25, 0.3) is 5.91 Å². The zero-order valence-electron chi connectivity index (χ0n) is 13.7. The van der Waals surface area contributed by atoms with Gasteiger partial charge in [-0.2, -0.15) is 0 Å². The van der Waals surface area contributed by atoms with Crippen LogP contribution in [0.3, 0.4) is 0 Å². The van der Waals surface area contributed by atoms with Crippen molar-refractivity contribution in [1.29, 1.82) is 0 Å². The van der Waals surface area contributed by atoms with Gasteiger partial charge in [0.2, 0.25) is 5.91 Å². The first kappa shape index (κ1) is 18.2. The number of imide groups is 1. The van der Waals surface area contributed by atoms with Crippen LogP contribution in [0.1, 0.15) is 30.1 Å². The van der Waals surface area contributed by atoms with E-state index in [4.69, 9.17) is 0 Å². The SMILES string of the molecule is CC(=O)N1CCC(N(C(=O)O)N(C(=O)O)C(=O)c2ccccc2)CC1. The van der Waals surface area contributed by atoms with Gasteiger partial charge in [-0.15, -0.1) is 5.01 Å². The van der Waals surface area contributed by atoms with Crippen LogP contribution in [-0.2, 0) is 4.79 Å². The summed E-state index contributed by atoms with van der Waals surface area (Å²) in [5, 5.41) is 19.7. The molecular formula is C16H19N3O6. The van der Waals surface area contributed by atoms with Crippen LogP contribution in [0.25, 0.3) is 0 Å². The third-order valence-corrected chi connectivity index (χ3v) is 4.06.